The molecule has 5 heteroatoms. The Morgan fingerprint density at radius 3 is 2.30 bits per heavy atom. The van der Waals surface area contributed by atoms with Crippen LogP contribution < -0.4 is 4.74 Å². The number of carbonyl (C=O) groups excluding carboxylic acids is 1. The fraction of sp³-hybridized carbons (Fsp3) is 0.611. The molecule has 23 heavy (non-hydrogen) atoms. The summed E-state index contributed by atoms with van der Waals surface area (Å²) in [7, 11) is 0. The van der Waals surface area contributed by atoms with Gasteiger partial charge in [0.05, 0.1) is 6.54 Å². The van der Waals surface area contributed by atoms with E-state index in [9.17, 15) is 4.79 Å². The molecule has 0 unspecified atom stereocenters. The van der Waals surface area contributed by atoms with E-state index in [1.54, 1.807) is 0 Å². The molecule has 0 atom stereocenters. The van der Waals surface area contributed by atoms with Crippen LogP contribution in [0, 0.1) is 0 Å². The molecule has 0 aliphatic carbocycles. The zero-order chi connectivity index (χ0) is 15.9. The summed E-state index contributed by atoms with van der Waals surface area (Å²) in [4.78, 5) is 19.0. The second-order valence-corrected chi connectivity index (χ2v) is 6.37. The van der Waals surface area contributed by atoms with Gasteiger partial charge in [-0.15, -0.1) is 0 Å². The summed E-state index contributed by atoms with van der Waals surface area (Å²) in [6, 6.07) is 9.93. The van der Waals surface area contributed by atoms with E-state index < -0.39 is 0 Å². The third-order valence-corrected chi connectivity index (χ3v) is 4.70. The van der Waals surface area contributed by atoms with Crippen molar-refractivity contribution in [3.05, 3.63) is 30.3 Å². The molecule has 0 aromatic heterocycles. The van der Waals surface area contributed by atoms with E-state index in [0.717, 1.165) is 51.6 Å². The Hall–Kier alpha value is -1.59. The fourth-order valence-corrected chi connectivity index (χ4v) is 3.26. The minimum Gasteiger partial charge on any atom is -0.492 e. The number of ether oxygens (including phenoxy) is 1. The Balaban J connectivity index is 1.32. The molecule has 2 aliphatic heterocycles. The van der Waals surface area contributed by atoms with E-state index in [1.807, 2.05) is 35.2 Å². The van der Waals surface area contributed by atoms with Crippen LogP contribution in [-0.2, 0) is 4.79 Å². The van der Waals surface area contributed by atoms with Crippen LogP contribution in [0.25, 0.3) is 0 Å². The molecule has 2 heterocycles. The molecule has 0 N–H and O–H groups in total. The number of amides is 1. The van der Waals surface area contributed by atoms with Crippen molar-refractivity contribution in [2.45, 2.75) is 12.8 Å². The lowest BCUT2D eigenvalue weighted by molar-refractivity contribution is -0.133. The molecule has 0 radical (unpaired) electrons. The van der Waals surface area contributed by atoms with Gasteiger partial charge in [-0.1, -0.05) is 18.2 Å². The van der Waals surface area contributed by atoms with Crippen molar-refractivity contribution in [1.29, 1.82) is 0 Å². The second-order valence-electron chi connectivity index (χ2n) is 6.37. The van der Waals surface area contributed by atoms with Gasteiger partial charge in [-0.2, -0.15) is 0 Å². The average molecular weight is 317 g/mol. The lowest BCUT2D eigenvalue weighted by atomic mass is 10.3. The smallest absolute Gasteiger partial charge is 0.236 e. The van der Waals surface area contributed by atoms with Gasteiger partial charge in [-0.3, -0.25) is 14.6 Å². The summed E-state index contributed by atoms with van der Waals surface area (Å²) in [5, 5.41) is 0. The zero-order valence-electron chi connectivity index (χ0n) is 13.8. The predicted octanol–water partition coefficient (Wildman–Crippen LogP) is 1.31. The van der Waals surface area contributed by atoms with E-state index >= 15 is 0 Å². The van der Waals surface area contributed by atoms with Crippen LogP contribution >= 0.6 is 0 Å². The summed E-state index contributed by atoms with van der Waals surface area (Å²) in [5.74, 6) is 1.22. The number of benzene rings is 1. The number of rotatable bonds is 6. The van der Waals surface area contributed by atoms with Crippen molar-refractivity contribution in [3.63, 3.8) is 0 Å². The molecule has 0 spiro atoms. The monoisotopic (exact) mass is 317 g/mol. The highest BCUT2D eigenvalue weighted by Crippen LogP contribution is 2.10. The summed E-state index contributed by atoms with van der Waals surface area (Å²) < 4.78 is 5.74. The van der Waals surface area contributed by atoms with Crippen LogP contribution in [0.5, 0.6) is 5.75 Å². The normalized spacial score (nSPS) is 19.9. The molecule has 3 rings (SSSR count). The largest absolute Gasteiger partial charge is 0.492 e. The van der Waals surface area contributed by atoms with Crippen molar-refractivity contribution >= 4 is 5.91 Å². The van der Waals surface area contributed by atoms with Crippen molar-refractivity contribution in [1.82, 2.24) is 14.7 Å². The summed E-state index contributed by atoms with van der Waals surface area (Å²) in [6.07, 6.45) is 2.48. The van der Waals surface area contributed by atoms with Crippen LogP contribution in [0.4, 0.5) is 0 Å². The zero-order valence-corrected chi connectivity index (χ0v) is 13.8. The van der Waals surface area contributed by atoms with Crippen LogP contribution in [0.15, 0.2) is 30.3 Å². The quantitative estimate of drug-likeness (QED) is 0.792. The number of likely N-dealkylation sites (tertiary alicyclic amines) is 1. The Morgan fingerprint density at radius 2 is 1.61 bits per heavy atom. The number of piperazine rings is 1. The van der Waals surface area contributed by atoms with Crippen LogP contribution in [-0.4, -0.2) is 79.6 Å². The SMILES string of the molecule is O=C(CN1CCCC1)N1CCN(CCOc2ccccc2)CC1. The maximum absolute atomic E-state index is 12.3. The lowest BCUT2D eigenvalue weighted by Crippen LogP contribution is -2.51. The molecule has 5 nitrogen and oxygen atoms in total. The van der Waals surface area contributed by atoms with Gasteiger partial charge in [0.25, 0.3) is 0 Å². The molecule has 1 amide bonds. The first-order valence-electron chi connectivity index (χ1n) is 8.71. The van der Waals surface area contributed by atoms with Gasteiger partial charge in [0.2, 0.25) is 5.91 Å². The van der Waals surface area contributed by atoms with Crippen molar-refractivity contribution in [2.24, 2.45) is 0 Å². The number of para-hydroxylation sites is 1. The number of hydrogen-bond acceptors (Lipinski definition) is 4. The topological polar surface area (TPSA) is 36.0 Å². The van der Waals surface area contributed by atoms with Gasteiger partial charge < -0.3 is 9.64 Å². The minimum atomic E-state index is 0.298. The third kappa shape index (κ3) is 4.94. The molecule has 1 aromatic rings. The summed E-state index contributed by atoms with van der Waals surface area (Å²) in [5.41, 5.74) is 0. The second kappa shape index (κ2) is 8.31. The molecule has 2 saturated heterocycles. The van der Waals surface area contributed by atoms with E-state index in [4.69, 9.17) is 4.74 Å². The van der Waals surface area contributed by atoms with Crippen LogP contribution in [0.1, 0.15) is 12.8 Å². The first-order chi connectivity index (χ1) is 11.3. The molecule has 0 bridgehead atoms. The van der Waals surface area contributed by atoms with Gasteiger partial charge in [0, 0.05) is 32.7 Å². The first kappa shape index (κ1) is 16.3. The highest BCUT2D eigenvalue weighted by atomic mass is 16.5. The predicted molar refractivity (Wildman–Crippen MR) is 90.6 cm³/mol. The minimum absolute atomic E-state index is 0.298. The van der Waals surface area contributed by atoms with Crippen molar-refractivity contribution in [2.75, 3.05) is 59.0 Å². The van der Waals surface area contributed by atoms with Crippen LogP contribution in [0.3, 0.4) is 0 Å². The molecule has 2 fully saturated rings. The van der Waals surface area contributed by atoms with Gasteiger partial charge in [0.1, 0.15) is 12.4 Å². The Morgan fingerprint density at radius 1 is 0.913 bits per heavy atom. The number of hydrogen-bond donors (Lipinski definition) is 0. The Bertz CT molecular complexity index is 480. The van der Waals surface area contributed by atoms with E-state index in [1.165, 1.54) is 12.8 Å². The molecular formula is C18H27N3O2. The first-order valence-corrected chi connectivity index (χ1v) is 8.71. The molecule has 0 saturated carbocycles. The standard InChI is InChI=1S/C18H27N3O2/c22-18(16-20-8-4-5-9-20)21-12-10-19(11-13-21)14-15-23-17-6-2-1-3-7-17/h1-3,6-7H,4-5,8-16H2. The average Bonchev–Trinajstić information content (AvgIpc) is 3.09. The third-order valence-electron chi connectivity index (χ3n) is 4.70. The summed E-state index contributed by atoms with van der Waals surface area (Å²) in [6.45, 7) is 7.99. The summed E-state index contributed by atoms with van der Waals surface area (Å²) >= 11 is 0. The maximum atomic E-state index is 12.3. The number of carbonyl (C=O) groups is 1. The highest BCUT2D eigenvalue weighted by molar-refractivity contribution is 5.78. The lowest BCUT2D eigenvalue weighted by Gasteiger charge is -2.35. The maximum Gasteiger partial charge on any atom is 0.236 e. The molecule has 126 valence electrons. The molecular weight excluding hydrogens is 290 g/mol. The number of nitrogens with zero attached hydrogens (tertiary/aromatic N) is 3. The Kier molecular flexibility index (Phi) is 5.88. The van der Waals surface area contributed by atoms with Gasteiger partial charge in [0.15, 0.2) is 0 Å². The van der Waals surface area contributed by atoms with Gasteiger partial charge in [-0.25, -0.2) is 0 Å². The van der Waals surface area contributed by atoms with E-state index in [2.05, 4.69) is 9.80 Å². The van der Waals surface area contributed by atoms with Crippen molar-refractivity contribution in [3.8, 4) is 5.75 Å². The Labute approximate surface area is 138 Å². The van der Waals surface area contributed by atoms with E-state index in [0.29, 0.717) is 19.1 Å². The van der Waals surface area contributed by atoms with Gasteiger partial charge in [-0.05, 0) is 38.1 Å². The van der Waals surface area contributed by atoms with Gasteiger partial charge >= 0.3 is 0 Å². The van der Waals surface area contributed by atoms with E-state index in [-0.39, 0.29) is 0 Å². The van der Waals surface area contributed by atoms with Crippen molar-refractivity contribution < 1.29 is 9.53 Å². The van der Waals surface area contributed by atoms with Crippen LogP contribution in [0.2, 0.25) is 0 Å². The fourth-order valence-electron chi connectivity index (χ4n) is 3.26. The molecule has 2 aliphatic rings. The molecule has 1 aromatic carbocycles. The highest BCUT2D eigenvalue weighted by Gasteiger charge is 2.23.